The Morgan fingerprint density at radius 2 is 2.08 bits per heavy atom. The van der Waals surface area contributed by atoms with E-state index in [1.807, 2.05) is 13.0 Å². The molecule has 1 saturated heterocycles. The van der Waals surface area contributed by atoms with Gasteiger partial charge < -0.3 is 14.8 Å². The van der Waals surface area contributed by atoms with Crippen LogP contribution in [0.15, 0.2) is 18.2 Å². The minimum absolute atomic E-state index is 0.128. The maximum absolute atomic E-state index is 12.6. The number of hydrogen-bond acceptors (Lipinski definition) is 6. The molecule has 6 nitrogen and oxygen atoms in total. The van der Waals surface area contributed by atoms with Crippen LogP contribution in [-0.2, 0) is 6.54 Å². The fourth-order valence-electron chi connectivity index (χ4n) is 3.02. The molecule has 1 fully saturated rings. The first-order valence-corrected chi connectivity index (χ1v) is 8.90. The van der Waals surface area contributed by atoms with Crippen LogP contribution in [0.5, 0.6) is 11.5 Å². The van der Waals surface area contributed by atoms with Crippen LogP contribution in [0.1, 0.15) is 33.2 Å². The largest absolute Gasteiger partial charge is 0.454 e. The summed E-state index contributed by atoms with van der Waals surface area (Å²) >= 11 is 1.48. The molecular formula is C17H19N3O3S. The average Bonchev–Trinajstić information content (AvgIpc) is 3.28. The standard InChI is InChI=1S/C17H19N3O3S/c1-11-16(24-15(18-11)9-20-6-2-3-7-20)17(21)19-12-4-5-13-14(8-12)23-10-22-13/h4-5,8H,2-3,6-7,9-10H2,1H3,(H,19,21). The van der Waals surface area contributed by atoms with Crippen LogP contribution in [0.3, 0.4) is 0 Å². The lowest BCUT2D eigenvalue weighted by molar-refractivity contribution is 0.103. The number of hydrogen-bond donors (Lipinski definition) is 1. The zero-order valence-electron chi connectivity index (χ0n) is 13.5. The summed E-state index contributed by atoms with van der Waals surface area (Å²) in [6, 6.07) is 5.39. The lowest BCUT2D eigenvalue weighted by Crippen LogP contribution is -2.18. The van der Waals surface area contributed by atoms with Crippen molar-refractivity contribution in [1.29, 1.82) is 0 Å². The van der Waals surface area contributed by atoms with Crippen molar-refractivity contribution in [1.82, 2.24) is 9.88 Å². The molecule has 24 heavy (non-hydrogen) atoms. The second-order valence-electron chi connectivity index (χ2n) is 6.03. The van der Waals surface area contributed by atoms with Gasteiger partial charge >= 0.3 is 0 Å². The molecule has 1 N–H and O–H groups in total. The minimum atomic E-state index is -0.128. The summed E-state index contributed by atoms with van der Waals surface area (Å²) in [5, 5.41) is 3.92. The van der Waals surface area contributed by atoms with Crippen molar-refractivity contribution < 1.29 is 14.3 Å². The lowest BCUT2D eigenvalue weighted by atomic mass is 10.2. The first-order valence-electron chi connectivity index (χ1n) is 8.09. The van der Waals surface area contributed by atoms with Crippen LogP contribution < -0.4 is 14.8 Å². The Morgan fingerprint density at radius 1 is 1.29 bits per heavy atom. The molecule has 2 aliphatic rings. The molecule has 7 heteroatoms. The summed E-state index contributed by atoms with van der Waals surface area (Å²) in [5.41, 5.74) is 1.48. The van der Waals surface area contributed by atoms with Crippen molar-refractivity contribution in [3.8, 4) is 11.5 Å². The molecule has 0 spiro atoms. The van der Waals surface area contributed by atoms with E-state index in [1.54, 1.807) is 12.1 Å². The van der Waals surface area contributed by atoms with Gasteiger partial charge in [-0.2, -0.15) is 0 Å². The number of aromatic nitrogens is 1. The maximum Gasteiger partial charge on any atom is 0.267 e. The third-order valence-corrected chi connectivity index (χ3v) is 5.38. The second-order valence-corrected chi connectivity index (χ2v) is 7.11. The van der Waals surface area contributed by atoms with Gasteiger partial charge in [0, 0.05) is 11.8 Å². The summed E-state index contributed by atoms with van der Waals surface area (Å²) in [6.45, 7) is 5.19. The van der Waals surface area contributed by atoms with E-state index in [-0.39, 0.29) is 12.7 Å². The summed E-state index contributed by atoms with van der Waals surface area (Å²) in [7, 11) is 0. The number of thiazole rings is 1. The van der Waals surface area contributed by atoms with Gasteiger partial charge in [-0.15, -0.1) is 11.3 Å². The molecule has 0 saturated carbocycles. The SMILES string of the molecule is Cc1nc(CN2CCCC2)sc1C(=O)Nc1ccc2c(c1)OCO2. The van der Waals surface area contributed by atoms with Gasteiger partial charge in [-0.1, -0.05) is 0 Å². The molecule has 1 aromatic carbocycles. The van der Waals surface area contributed by atoms with Gasteiger partial charge in [-0.25, -0.2) is 4.98 Å². The highest BCUT2D eigenvalue weighted by Crippen LogP contribution is 2.34. The predicted octanol–water partition coefficient (Wildman–Crippen LogP) is 3.03. The minimum Gasteiger partial charge on any atom is -0.454 e. The number of rotatable bonds is 4. The van der Waals surface area contributed by atoms with Crippen LogP contribution >= 0.6 is 11.3 Å². The van der Waals surface area contributed by atoms with Crippen LogP contribution in [0.2, 0.25) is 0 Å². The molecule has 0 aliphatic carbocycles. The van der Waals surface area contributed by atoms with E-state index in [9.17, 15) is 4.79 Å². The van der Waals surface area contributed by atoms with Crippen LogP contribution in [0, 0.1) is 6.92 Å². The third-order valence-electron chi connectivity index (χ3n) is 4.24. The summed E-state index contributed by atoms with van der Waals surface area (Å²) < 4.78 is 10.6. The zero-order chi connectivity index (χ0) is 16.5. The van der Waals surface area contributed by atoms with Crippen molar-refractivity contribution in [2.75, 3.05) is 25.2 Å². The molecule has 0 atom stereocenters. The number of carbonyl (C=O) groups is 1. The fourth-order valence-corrected chi connectivity index (χ4v) is 4.03. The quantitative estimate of drug-likeness (QED) is 0.923. The van der Waals surface area contributed by atoms with Gasteiger partial charge in [-0.05, 0) is 45.0 Å². The Bertz CT molecular complexity index is 768. The van der Waals surface area contributed by atoms with E-state index < -0.39 is 0 Å². The predicted molar refractivity (Wildman–Crippen MR) is 91.9 cm³/mol. The highest BCUT2D eigenvalue weighted by molar-refractivity contribution is 7.13. The average molecular weight is 345 g/mol. The summed E-state index contributed by atoms with van der Waals surface area (Å²) in [5.74, 6) is 1.23. The van der Waals surface area contributed by atoms with Crippen LogP contribution in [0.4, 0.5) is 5.69 Å². The van der Waals surface area contributed by atoms with E-state index in [2.05, 4.69) is 15.2 Å². The van der Waals surface area contributed by atoms with Crippen molar-refractivity contribution >= 4 is 22.9 Å². The Hall–Kier alpha value is -2.12. The lowest BCUT2D eigenvalue weighted by Gasteiger charge is -2.11. The van der Waals surface area contributed by atoms with Gasteiger partial charge in [0.25, 0.3) is 5.91 Å². The fraction of sp³-hybridized carbons (Fsp3) is 0.412. The molecule has 0 radical (unpaired) electrons. The number of nitrogens with zero attached hydrogens (tertiary/aromatic N) is 2. The first-order chi connectivity index (χ1) is 11.7. The van der Waals surface area contributed by atoms with E-state index in [1.165, 1.54) is 24.2 Å². The van der Waals surface area contributed by atoms with Gasteiger partial charge in [0.05, 0.1) is 12.2 Å². The number of benzene rings is 1. The molecule has 2 aromatic rings. The van der Waals surface area contributed by atoms with E-state index in [0.29, 0.717) is 22.1 Å². The third kappa shape index (κ3) is 3.09. The first kappa shape index (κ1) is 15.4. The Labute approximate surface area is 144 Å². The van der Waals surface area contributed by atoms with Crippen molar-refractivity contribution in [3.05, 3.63) is 33.8 Å². The van der Waals surface area contributed by atoms with Crippen molar-refractivity contribution in [3.63, 3.8) is 0 Å². The smallest absolute Gasteiger partial charge is 0.267 e. The summed E-state index contributed by atoms with van der Waals surface area (Å²) in [4.78, 5) is 20.2. The topological polar surface area (TPSA) is 63.7 Å². The van der Waals surface area contributed by atoms with Gasteiger partial charge in [-0.3, -0.25) is 9.69 Å². The molecule has 1 aromatic heterocycles. The molecule has 3 heterocycles. The second kappa shape index (κ2) is 6.41. The highest BCUT2D eigenvalue weighted by atomic mass is 32.1. The molecule has 0 unspecified atom stereocenters. The molecule has 4 rings (SSSR count). The highest BCUT2D eigenvalue weighted by Gasteiger charge is 2.20. The number of ether oxygens (including phenoxy) is 2. The number of carbonyl (C=O) groups excluding carboxylic acids is 1. The van der Waals surface area contributed by atoms with Gasteiger partial charge in [0.15, 0.2) is 11.5 Å². The van der Waals surface area contributed by atoms with Crippen molar-refractivity contribution in [2.24, 2.45) is 0 Å². The van der Waals surface area contributed by atoms with Crippen molar-refractivity contribution in [2.45, 2.75) is 26.3 Å². The number of fused-ring (bicyclic) bond motifs is 1. The zero-order valence-corrected chi connectivity index (χ0v) is 14.3. The number of amides is 1. The van der Waals surface area contributed by atoms with Crippen LogP contribution in [-0.4, -0.2) is 35.7 Å². The molecule has 126 valence electrons. The number of likely N-dealkylation sites (tertiary alicyclic amines) is 1. The number of anilines is 1. The molecule has 2 aliphatic heterocycles. The number of nitrogens with one attached hydrogen (secondary N) is 1. The maximum atomic E-state index is 12.6. The number of aryl methyl sites for hydroxylation is 1. The Balaban J connectivity index is 1.46. The van der Waals surface area contributed by atoms with E-state index in [0.717, 1.165) is 30.3 Å². The van der Waals surface area contributed by atoms with E-state index >= 15 is 0 Å². The monoisotopic (exact) mass is 345 g/mol. The van der Waals surface area contributed by atoms with Gasteiger partial charge in [0.1, 0.15) is 9.88 Å². The molecule has 1 amide bonds. The Morgan fingerprint density at radius 3 is 2.92 bits per heavy atom. The van der Waals surface area contributed by atoms with E-state index in [4.69, 9.17) is 9.47 Å². The Kier molecular flexibility index (Phi) is 4.12. The normalized spacial score (nSPS) is 16.5. The van der Waals surface area contributed by atoms with Gasteiger partial charge in [0.2, 0.25) is 6.79 Å². The molecule has 0 bridgehead atoms. The summed E-state index contributed by atoms with van der Waals surface area (Å²) in [6.07, 6.45) is 2.50. The van der Waals surface area contributed by atoms with Crippen LogP contribution in [0.25, 0.3) is 0 Å². The molecular weight excluding hydrogens is 326 g/mol.